The van der Waals surface area contributed by atoms with Gasteiger partial charge in [0.25, 0.3) is 5.91 Å². The van der Waals surface area contributed by atoms with Crippen LogP contribution in [0.3, 0.4) is 0 Å². The Bertz CT molecular complexity index is 764. The van der Waals surface area contributed by atoms with Gasteiger partial charge in [0.05, 0.1) is 26.2 Å². The van der Waals surface area contributed by atoms with Gasteiger partial charge in [0.1, 0.15) is 0 Å². The van der Waals surface area contributed by atoms with Crippen molar-refractivity contribution in [2.45, 2.75) is 27.2 Å². The summed E-state index contributed by atoms with van der Waals surface area (Å²) in [5.41, 5.74) is 6.19. The fourth-order valence-electron chi connectivity index (χ4n) is 3.69. The molecule has 2 aromatic carbocycles. The maximum Gasteiger partial charge on any atom is 0.279 e. The lowest BCUT2D eigenvalue weighted by Gasteiger charge is -2.34. The molecule has 4 nitrogen and oxygen atoms in total. The number of hydrogen-bond donors (Lipinski definition) is 2. The highest BCUT2D eigenvalue weighted by Crippen LogP contribution is 2.22. The molecule has 0 unspecified atom stereocenters. The molecule has 1 amide bonds. The molecule has 1 fully saturated rings. The quantitative estimate of drug-likeness (QED) is 0.866. The van der Waals surface area contributed by atoms with Gasteiger partial charge in [-0.1, -0.05) is 37.3 Å². The van der Waals surface area contributed by atoms with Crippen molar-refractivity contribution in [3.8, 4) is 0 Å². The molecule has 0 radical (unpaired) electrons. The van der Waals surface area contributed by atoms with Gasteiger partial charge in [0.2, 0.25) is 0 Å². The summed E-state index contributed by atoms with van der Waals surface area (Å²) < 4.78 is 0. The second kappa shape index (κ2) is 8.37. The lowest BCUT2D eigenvalue weighted by Crippen LogP contribution is -3.15. The largest absolute Gasteiger partial charge is 0.360 e. The molecule has 0 spiro atoms. The van der Waals surface area contributed by atoms with Crippen LogP contribution in [0.2, 0.25) is 0 Å². The fourth-order valence-corrected chi connectivity index (χ4v) is 3.69. The number of anilines is 2. The van der Waals surface area contributed by atoms with Crippen LogP contribution in [-0.2, 0) is 11.2 Å². The number of amides is 1. The van der Waals surface area contributed by atoms with Crippen LogP contribution in [0.25, 0.3) is 0 Å². The van der Waals surface area contributed by atoms with E-state index in [-0.39, 0.29) is 5.91 Å². The van der Waals surface area contributed by atoms with Crippen molar-refractivity contribution >= 4 is 17.3 Å². The zero-order valence-corrected chi connectivity index (χ0v) is 16.1. The van der Waals surface area contributed by atoms with Crippen molar-refractivity contribution in [3.63, 3.8) is 0 Å². The molecule has 0 aliphatic carbocycles. The molecule has 1 aliphatic rings. The van der Waals surface area contributed by atoms with E-state index in [1.54, 1.807) is 0 Å². The summed E-state index contributed by atoms with van der Waals surface area (Å²) >= 11 is 0. The molecule has 1 aliphatic heterocycles. The van der Waals surface area contributed by atoms with Gasteiger partial charge in [-0.15, -0.1) is 0 Å². The third kappa shape index (κ3) is 4.25. The topological polar surface area (TPSA) is 36.8 Å². The average molecular weight is 353 g/mol. The first kappa shape index (κ1) is 18.5. The number of nitrogens with zero attached hydrogens (tertiary/aromatic N) is 1. The zero-order chi connectivity index (χ0) is 18.5. The van der Waals surface area contributed by atoms with Crippen LogP contribution in [0, 0.1) is 13.8 Å². The number of para-hydroxylation sites is 1. The molecule has 1 heterocycles. The Morgan fingerprint density at radius 3 is 2.54 bits per heavy atom. The number of hydrogen-bond acceptors (Lipinski definition) is 2. The third-order valence-corrected chi connectivity index (χ3v) is 5.47. The highest BCUT2D eigenvalue weighted by Gasteiger charge is 2.23. The van der Waals surface area contributed by atoms with E-state index in [1.807, 2.05) is 18.2 Å². The standard InChI is InChI=1S/C22H29N3O/c1-4-19-9-5-6-10-20(19)23-22(26)16-24-12-14-25(15-13-24)21-11-7-8-17(2)18(21)3/h5-11H,4,12-16H2,1-3H3,(H,23,26)/p+1. The molecule has 138 valence electrons. The Morgan fingerprint density at radius 1 is 1.08 bits per heavy atom. The van der Waals surface area contributed by atoms with Gasteiger partial charge in [-0.05, 0) is 49.1 Å². The van der Waals surface area contributed by atoms with Crippen LogP contribution >= 0.6 is 0 Å². The smallest absolute Gasteiger partial charge is 0.279 e. The molecule has 0 aromatic heterocycles. The molecular formula is C22H30N3O+. The maximum atomic E-state index is 12.5. The highest BCUT2D eigenvalue weighted by atomic mass is 16.2. The van der Waals surface area contributed by atoms with E-state index in [4.69, 9.17) is 0 Å². The minimum absolute atomic E-state index is 0.112. The molecule has 26 heavy (non-hydrogen) atoms. The first-order chi connectivity index (χ1) is 12.6. The first-order valence-corrected chi connectivity index (χ1v) is 9.61. The monoisotopic (exact) mass is 352 g/mol. The summed E-state index contributed by atoms with van der Waals surface area (Å²) in [4.78, 5) is 16.3. The van der Waals surface area contributed by atoms with Crippen LogP contribution in [-0.4, -0.2) is 38.6 Å². The summed E-state index contributed by atoms with van der Waals surface area (Å²) in [5, 5.41) is 3.09. The minimum atomic E-state index is 0.112. The van der Waals surface area contributed by atoms with Crippen LogP contribution in [0.4, 0.5) is 11.4 Å². The molecule has 0 saturated carbocycles. The summed E-state index contributed by atoms with van der Waals surface area (Å²) in [6.45, 7) is 11.0. The van der Waals surface area contributed by atoms with Crippen molar-refractivity contribution in [2.24, 2.45) is 0 Å². The van der Waals surface area contributed by atoms with E-state index in [0.29, 0.717) is 6.54 Å². The van der Waals surface area contributed by atoms with Crippen molar-refractivity contribution in [1.82, 2.24) is 0 Å². The molecular weight excluding hydrogens is 322 g/mol. The Balaban J connectivity index is 1.54. The number of carbonyl (C=O) groups is 1. The lowest BCUT2D eigenvalue weighted by molar-refractivity contribution is -0.892. The normalized spacial score (nSPS) is 15.1. The zero-order valence-electron chi connectivity index (χ0n) is 16.1. The summed E-state index contributed by atoms with van der Waals surface area (Å²) in [7, 11) is 0. The van der Waals surface area contributed by atoms with E-state index in [0.717, 1.165) is 38.3 Å². The number of quaternary nitrogens is 1. The fraction of sp³-hybridized carbons (Fsp3) is 0.409. The SMILES string of the molecule is CCc1ccccc1NC(=O)C[NH+]1CCN(c2cccc(C)c2C)CC1. The van der Waals surface area contributed by atoms with Gasteiger partial charge in [0.15, 0.2) is 6.54 Å². The van der Waals surface area contributed by atoms with Crippen molar-refractivity contribution in [3.05, 3.63) is 59.2 Å². The molecule has 2 N–H and O–H groups in total. The Morgan fingerprint density at radius 2 is 1.81 bits per heavy atom. The second-order valence-corrected chi connectivity index (χ2v) is 7.19. The maximum absolute atomic E-state index is 12.5. The highest BCUT2D eigenvalue weighted by molar-refractivity contribution is 5.92. The predicted molar refractivity (Wildman–Crippen MR) is 108 cm³/mol. The number of piperazine rings is 1. The van der Waals surface area contributed by atoms with Crippen LogP contribution in [0.5, 0.6) is 0 Å². The Kier molecular flexibility index (Phi) is 5.94. The number of rotatable bonds is 5. The molecule has 0 bridgehead atoms. The van der Waals surface area contributed by atoms with Crippen LogP contribution in [0.1, 0.15) is 23.6 Å². The van der Waals surface area contributed by atoms with Crippen molar-refractivity contribution < 1.29 is 9.69 Å². The number of nitrogens with one attached hydrogen (secondary N) is 2. The van der Waals surface area contributed by atoms with Crippen LogP contribution < -0.4 is 15.1 Å². The lowest BCUT2D eigenvalue weighted by atomic mass is 10.1. The van der Waals surface area contributed by atoms with Crippen LogP contribution in [0.15, 0.2) is 42.5 Å². The van der Waals surface area contributed by atoms with Gasteiger partial charge >= 0.3 is 0 Å². The summed E-state index contributed by atoms with van der Waals surface area (Å²) in [6.07, 6.45) is 0.928. The number of benzene rings is 2. The van der Waals surface area contributed by atoms with Gasteiger partial charge in [-0.25, -0.2) is 0 Å². The van der Waals surface area contributed by atoms with Gasteiger partial charge in [0, 0.05) is 11.4 Å². The van der Waals surface area contributed by atoms with E-state index in [2.05, 4.69) is 55.3 Å². The number of carbonyl (C=O) groups excluding carboxylic acids is 1. The van der Waals surface area contributed by atoms with E-state index < -0.39 is 0 Å². The first-order valence-electron chi connectivity index (χ1n) is 9.61. The number of aryl methyl sites for hydroxylation is 2. The molecule has 2 aromatic rings. The third-order valence-electron chi connectivity index (χ3n) is 5.47. The van der Waals surface area contributed by atoms with E-state index >= 15 is 0 Å². The van der Waals surface area contributed by atoms with E-state index in [1.165, 1.54) is 27.3 Å². The Hall–Kier alpha value is -2.33. The second-order valence-electron chi connectivity index (χ2n) is 7.19. The van der Waals surface area contributed by atoms with E-state index in [9.17, 15) is 4.79 Å². The van der Waals surface area contributed by atoms with Gasteiger partial charge in [-0.2, -0.15) is 0 Å². The van der Waals surface area contributed by atoms with Gasteiger partial charge < -0.3 is 15.1 Å². The summed E-state index contributed by atoms with van der Waals surface area (Å²) in [5.74, 6) is 0.112. The van der Waals surface area contributed by atoms with Crippen molar-refractivity contribution in [1.29, 1.82) is 0 Å². The molecule has 4 heteroatoms. The summed E-state index contributed by atoms with van der Waals surface area (Å²) in [6, 6.07) is 14.6. The molecule has 1 saturated heterocycles. The average Bonchev–Trinajstić information content (AvgIpc) is 2.65. The minimum Gasteiger partial charge on any atom is -0.360 e. The predicted octanol–water partition coefficient (Wildman–Crippen LogP) is 2.21. The molecule has 0 atom stereocenters. The molecule has 3 rings (SSSR count). The Labute approximate surface area is 156 Å². The van der Waals surface area contributed by atoms with Gasteiger partial charge in [-0.3, -0.25) is 4.79 Å². The van der Waals surface area contributed by atoms with Crippen molar-refractivity contribution in [2.75, 3.05) is 42.9 Å².